The summed E-state index contributed by atoms with van der Waals surface area (Å²) in [7, 11) is 0. The van der Waals surface area contributed by atoms with E-state index in [1.165, 1.54) is 41.3 Å². The van der Waals surface area contributed by atoms with Crippen LogP contribution in [0.5, 0.6) is 0 Å². The van der Waals surface area contributed by atoms with Crippen LogP contribution in [0, 0.1) is 12.8 Å². The minimum atomic E-state index is -0.398. The molecule has 0 spiro atoms. The van der Waals surface area contributed by atoms with Gasteiger partial charge in [0.1, 0.15) is 6.04 Å². The van der Waals surface area contributed by atoms with Crippen molar-refractivity contribution in [1.82, 2.24) is 0 Å². The van der Waals surface area contributed by atoms with Gasteiger partial charge in [-0.2, -0.15) is 0 Å². The molecule has 1 aromatic heterocycles. The molecular formula is C18H19NO2S. The van der Waals surface area contributed by atoms with Gasteiger partial charge in [0.15, 0.2) is 12.4 Å². The van der Waals surface area contributed by atoms with Gasteiger partial charge < -0.3 is 4.74 Å². The van der Waals surface area contributed by atoms with E-state index in [0.29, 0.717) is 11.8 Å². The molecule has 22 heavy (non-hydrogen) atoms. The average Bonchev–Trinajstić information content (AvgIpc) is 3.24. The van der Waals surface area contributed by atoms with E-state index in [2.05, 4.69) is 31.2 Å². The summed E-state index contributed by atoms with van der Waals surface area (Å²) in [6.45, 7) is 2.10. The summed E-state index contributed by atoms with van der Waals surface area (Å²) in [4.78, 5) is 17.2. The van der Waals surface area contributed by atoms with Crippen LogP contribution in [0.2, 0.25) is 0 Å². The normalized spacial score (nSPS) is 25.4. The smallest absolute Gasteiger partial charge is 0.227 e. The van der Waals surface area contributed by atoms with Gasteiger partial charge in [0.2, 0.25) is 5.90 Å². The Morgan fingerprint density at radius 3 is 2.86 bits per heavy atom. The molecule has 2 aliphatic rings. The van der Waals surface area contributed by atoms with Gasteiger partial charge in [0.25, 0.3) is 0 Å². The van der Waals surface area contributed by atoms with Crippen molar-refractivity contribution in [3.63, 3.8) is 0 Å². The minimum absolute atomic E-state index is 0.0157. The van der Waals surface area contributed by atoms with Gasteiger partial charge >= 0.3 is 0 Å². The molecule has 0 radical (unpaired) electrons. The second kappa shape index (κ2) is 5.51. The quantitative estimate of drug-likeness (QED) is 0.800. The zero-order chi connectivity index (χ0) is 15.1. The maximum absolute atomic E-state index is 11.4. The maximum Gasteiger partial charge on any atom is 0.227 e. The molecule has 1 fully saturated rings. The van der Waals surface area contributed by atoms with E-state index in [1.54, 1.807) is 11.3 Å². The van der Waals surface area contributed by atoms with E-state index < -0.39 is 6.10 Å². The standard InChI is InChI=1S/C18H19NO2S/c1-11-6-7-13-9-16(22-15(13)8-11)18-19-17(14(10-20)21-18)12-4-2-3-5-12/h6-10,12,14,17H,2-5H2,1H3. The molecule has 1 aromatic carbocycles. The Balaban J connectivity index is 1.68. The highest BCUT2D eigenvalue weighted by Crippen LogP contribution is 2.36. The number of nitrogens with zero attached hydrogens (tertiary/aromatic N) is 1. The van der Waals surface area contributed by atoms with Crippen LogP contribution in [-0.2, 0) is 9.53 Å². The first-order chi connectivity index (χ1) is 10.7. The summed E-state index contributed by atoms with van der Waals surface area (Å²) >= 11 is 1.69. The fraction of sp³-hybridized carbons (Fsp3) is 0.444. The van der Waals surface area contributed by atoms with Crippen LogP contribution in [0.1, 0.15) is 36.1 Å². The second-order valence-electron chi connectivity index (χ2n) is 6.34. The number of ether oxygens (including phenoxy) is 1. The van der Waals surface area contributed by atoms with Gasteiger partial charge in [-0.15, -0.1) is 11.3 Å². The first-order valence-electron chi connectivity index (χ1n) is 7.95. The molecule has 4 rings (SSSR count). The van der Waals surface area contributed by atoms with Gasteiger partial charge in [-0.1, -0.05) is 25.0 Å². The molecule has 1 saturated carbocycles. The van der Waals surface area contributed by atoms with E-state index in [0.717, 1.165) is 11.2 Å². The number of aryl methyl sites for hydroxylation is 1. The number of carbonyl (C=O) groups is 1. The van der Waals surface area contributed by atoms with Gasteiger partial charge in [-0.3, -0.25) is 4.79 Å². The number of carbonyl (C=O) groups excluding carboxylic acids is 1. The van der Waals surface area contributed by atoms with E-state index in [1.807, 2.05) is 0 Å². The highest BCUT2D eigenvalue weighted by atomic mass is 32.1. The summed E-state index contributed by atoms with van der Waals surface area (Å²) in [5.41, 5.74) is 1.25. The molecule has 2 atom stereocenters. The van der Waals surface area contributed by atoms with Crippen LogP contribution in [0.15, 0.2) is 29.3 Å². The molecule has 0 amide bonds. The first kappa shape index (κ1) is 13.9. The van der Waals surface area contributed by atoms with Crippen LogP contribution < -0.4 is 0 Å². The average molecular weight is 313 g/mol. The van der Waals surface area contributed by atoms with E-state index >= 15 is 0 Å². The summed E-state index contributed by atoms with van der Waals surface area (Å²) < 4.78 is 7.12. The third-order valence-electron chi connectivity index (χ3n) is 4.75. The topological polar surface area (TPSA) is 38.7 Å². The zero-order valence-corrected chi connectivity index (χ0v) is 13.4. The van der Waals surface area contributed by atoms with Crippen molar-refractivity contribution in [3.05, 3.63) is 34.7 Å². The minimum Gasteiger partial charge on any atom is -0.464 e. The Labute approximate surface area is 134 Å². The van der Waals surface area contributed by atoms with Gasteiger partial charge in [0, 0.05) is 4.70 Å². The van der Waals surface area contributed by atoms with Crippen molar-refractivity contribution in [2.24, 2.45) is 10.9 Å². The highest BCUT2D eigenvalue weighted by molar-refractivity contribution is 7.20. The fourth-order valence-electron chi connectivity index (χ4n) is 3.58. The van der Waals surface area contributed by atoms with Crippen LogP contribution in [0.25, 0.3) is 10.1 Å². The lowest BCUT2D eigenvalue weighted by atomic mass is 9.95. The monoisotopic (exact) mass is 313 g/mol. The van der Waals surface area contributed by atoms with E-state index in [9.17, 15) is 4.79 Å². The molecule has 0 saturated heterocycles. The number of aldehydes is 1. The van der Waals surface area contributed by atoms with Crippen LogP contribution in [0.4, 0.5) is 0 Å². The molecule has 0 bridgehead atoms. The number of aliphatic imine (C=N–C) groups is 1. The Morgan fingerprint density at radius 1 is 1.27 bits per heavy atom. The van der Waals surface area contributed by atoms with Crippen molar-refractivity contribution < 1.29 is 9.53 Å². The number of hydrogen-bond donors (Lipinski definition) is 0. The van der Waals surface area contributed by atoms with E-state index in [4.69, 9.17) is 9.73 Å². The first-order valence-corrected chi connectivity index (χ1v) is 8.76. The molecule has 0 N–H and O–H groups in total. The molecule has 114 valence electrons. The largest absolute Gasteiger partial charge is 0.464 e. The molecule has 4 heteroatoms. The molecule has 2 unspecified atom stereocenters. The predicted molar refractivity (Wildman–Crippen MR) is 89.8 cm³/mol. The lowest BCUT2D eigenvalue weighted by molar-refractivity contribution is -0.114. The van der Waals surface area contributed by atoms with Gasteiger partial charge in [-0.25, -0.2) is 4.99 Å². The Hall–Kier alpha value is -1.68. The van der Waals surface area contributed by atoms with Crippen molar-refractivity contribution in [3.8, 4) is 0 Å². The third kappa shape index (κ3) is 2.35. The molecule has 2 aromatic rings. The molecule has 2 heterocycles. The van der Waals surface area contributed by atoms with Crippen molar-refractivity contribution in [2.45, 2.75) is 44.8 Å². The summed E-state index contributed by atoms with van der Waals surface area (Å²) in [5.74, 6) is 1.16. The number of hydrogen-bond acceptors (Lipinski definition) is 4. The van der Waals surface area contributed by atoms with Crippen molar-refractivity contribution >= 4 is 33.6 Å². The van der Waals surface area contributed by atoms with Crippen LogP contribution in [-0.4, -0.2) is 24.3 Å². The van der Waals surface area contributed by atoms with E-state index in [-0.39, 0.29) is 6.04 Å². The number of benzene rings is 1. The SMILES string of the molecule is Cc1ccc2cc(C3=NC(C4CCCC4)C(C=O)O3)sc2c1. The molecular weight excluding hydrogens is 294 g/mol. The lowest BCUT2D eigenvalue weighted by Crippen LogP contribution is -2.29. The second-order valence-corrected chi connectivity index (χ2v) is 7.42. The predicted octanol–water partition coefficient (Wildman–Crippen LogP) is 4.11. The van der Waals surface area contributed by atoms with Crippen molar-refractivity contribution in [2.75, 3.05) is 0 Å². The number of thiophene rings is 1. The molecule has 1 aliphatic heterocycles. The molecule has 3 nitrogen and oxygen atoms in total. The highest BCUT2D eigenvalue weighted by Gasteiger charge is 2.38. The van der Waals surface area contributed by atoms with Crippen LogP contribution in [0.3, 0.4) is 0 Å². The van der Waals surface area contributed by atoms with Crippen molar-refractivity contribution in [1.29, 1.82) is 0 Å². The lowest BCUT2D eigenvalue weighted by Gasteiger charge is -2.17. The third-order valence-corrected chi connectivity index (χ3v) is 5.84. The molecule has 1 aliphatic carbocycles. The van der Waals surface area contributed by atoms with Gasteiger partial charge in [0.05, 0.1) is 4.88 Å². The zero-order valence-electron chi connectivity index (χ0n) is 12.6. The van der Waals surface area contributed by atoms with Crippen LogP contribution >= 0.6 is 11.3 Å². The number of fused-ring (bicyclic) bond motifs is 1. The number of rotatable bonds is 3. The summed E-state index contributed by atoms with van der Waals surface area (Å²) in [6, 6.07) is 8.57. The van der Waals surface area contributed by atoms with Gasteiger partial charge in [-0.05, 0) is 48.8 Å². The Kier molecular flexibility index (Phi) is 3.49. The fourth-order valence-corrected chi connectivity index (χ4v) is 4.68. The Morgan fingerprint density at radius 2 is 2.09 bits per heavy atom. The Bertz CT molecular complexity index is 743. The summed E-state index contributed by atoms with van der Waals surface area (Å²) in [5, 5.41) is 1.21. The maximum atomic E-state index is 11.4. The summed E-state index contributed by atoms with van der Waals surface area (Å²) in [6.07, 6.45) is 5.36.